The van der Waals surface area contributed by atoms with Crippen LogP contribution in [-0.4, -0.2) is 16.0 Å². The number of benzene rings is 1. The highest BCUT2D eigenvalue weighted by Gasteiger charge is 2.16. The number of hydrogen-bond donors (Lipinski definition) is 1. The molecule has 0 bridgehead atoms. The van der Waals surface area contributed by atoms with Crippen LogP contribution in [0.2, 0.25) is 0 Å². The molecule has 3 rings (SSSR count). The third-order valence-electron chi connectivity index (χ3n) is 3.47. The van der Waals surface area contributed by atoms with Crippen LogP contribution in [0.4, 0.5) is 13.9 Å². The zero-order valence-corrected chi connectivity index (χ0v) is 13.7. The number of aryl methyl sites for hydroxylation is 2. The lowest BCUT2D eigenvalue weighted by molar-refractivity contribution is -0.115. The first-order valence-electron chi connectivity index (χ1n) is 7.06. The van der Waals surface area contributed by atoms with E-state index in [9.17, 15) is 13.6 Å². The molecule has 124 valence electrons. The molecule has 5 nitrogen and oxygen atoms in total. The Kier molecular flexibility index (Phi) is 4.39. The maximum absolute atomic E-state index is 13.8. The van der Waals surface area contributed by atoms with Crippen LogP contribution in [-0.2, 0) is 11.2 Å². The fourth-order valence-electron chi connectivity index (χ4n) is 2.23. The molecular weight excluding hydrogens is 336 g/mol. The summed E-state index contributed by atoms with van der Waals surface area (Å²) in [4.78, 5) is 16.2. The molecule has 24 heavy (non-hydrogen) atoms. The quantitative estimate of drug-likeness (QED) is 0.776. The van der Waals surface area contributed by atoms with Crippen molar-refractivity contribution in [3.8, 4) is 11.3 Å². The van der Waals surface area contributed by atoms with Gasteiger partial charge in [0.1, 0.15) is 17.4 Å². The van der Waals surface area contributed by atoms with Gasteiger partial charge in [-0.05, 0) is 32.0 Å². The smallest absolute Gasteiger partial charge is 0.230 e. The first-order chi connectivity index (χ1) is 11.4. The lowest BCUT2D eigenvalue weighted by Gasteiger charge is -2.02. The molecule has 0 unspecified atom stereocenters. The van der Waals surface area contributed by atoms with Crippen molar-refractivity contribution in [2.24, 2.45) is 0 Å². The maximum Gasteiger partial charge on any atom is 0.230 e. The fourth-order valence-corrected chi connectivity index (χ4v) is 2.95. The van der Waals surface area contributed by atoms with Crippen molar-refractivity contribution in [2.75, 3.05) is 5.32 Å². The summed E-state index contributed by atoms with van der Waals surface area (Å²) in [6.07, 6.45) is 0.102. The number of nitrogens with one attached hydrogen (secondary N) is 1. The van der Waals surface area contributed by atoms with Crippen molar-refractivity contribution in [1.29, 1.82) is 0 Å². The van der Waals surface area contributed by atoms with Gasteiger partial charge < -0.3 is 9.84 Å². The van der Waals surface area contributed by atoms with E-state index in [0.29, 0.717) is 16.6 Å². The average molecular weight is 349 g/mol. The first kappa shape index (κ1) is 16.3. The van der Waals surface area contributed by atoms with Crippen molar-refractivity contribution in [3.05, 3.63) is 52.2 Å². The van der Waals surface area contributed by atoms with E-state index in [1.165, 1.54) is 0 Å². The predicted molar refractivity (Wildman–Crippen MR) is 85.8 cm³/mol. The number of aromatic nitrogens is 2. The van der Waals surface area contributed by atoms with Gasteiger partial charge in [0.25, 0.3) is 0 Å². The summed E-state index contributed by atoms with van der Waals surface area (Å²) >= 11 is 1.14. The summed E-state index contributed by atoms with van der Waals surface area (Å²) in [5, 5.41) is 8.30. The van der Waals surface area contributed by atoms with Gasteiger partial charge in [0, 0.05) is 16.5 Å². The fraction of sp³-hybridized carbons (Fsp3) is 0.188. The minimum Gasteiger partial charge on any atom is -0.361 e. The van der Waals surface area contributed by atoms with E-state index in [1.54, 1.807) is 19.2 Å². The number of halogens is 2. The van der Waals surface area contributed by atoms with Crippen LogP contribution in [0, 0.1) is 25.5 Å². The van der Waals surface area contributed by atoms with Crippen LogP contribution < -0.4 is 5.32 Å². The van der Waals surface area contributed by atoms with Crippen molar-refractivity contribution in [3.63, 3.8) is 0 Å². The zero-order valence-electron chi connectivity index (χ0n) is 12.9. The molecule has 0 spiro atoms. The topological polar surface area (TPSA) is 68.0 Å². The van der Waals surface area contributed by atoms with Gasteiger partial charge in [0.2, 0.25) is 5.91 Å². The van der Waals surface area contributed by atoms with Gasteiger partial charge in [-0.2, -0.15) is 0 Å². The Hall–Kier alpha value is -2.61. The van der Waals surface area contributed by atoms with Gasteiger partial charge in [0.15, 0.2) is 5.13 Å². The van der Waals surface area contributed by atoms with E-state index in [4.69, 9.17) is 4.52 Å². The van der Waals surface area contributed by atoms with Gasteiger partial charge in [-0.3, -0.25) is 4.79 Å². The van der Waals surface area contributed by atoms with Crippen molar-refractivity contribution >= 4 is 22.4 Å². The highest BCUT2D eigenvalue weighted by Crippen LogP contribution is 2.27. The Labute approximate surface area is 140 Å². The van der Waals surface area contributed by atoms with Crippen LogP contribution >= 0.6 is 11.3 Å². The summed E-state index contributed by atoms with van der Waals surface area (Å²) in [5.74, 6) is -0.826. The number of rotatable bonds is 4. The summed E-state index contributed by atoms with van der Waals surface area (Å²) in [5.41, 5.74) is 1.70. The minimum absolute atomic E-state index is 0.0532. The third-order valence-corrected chi connectivity index (χ3v) is 4.23. The molecule has 0 saturated carbocycles. The number of thiazole rings is 1. The Bertz CT molecular complexity index is 885. The average Bonchev–Trinajstić information content (AvgIpc) is 3.11. The van der Waals surface area contributed by atoms with Crippen LogP contribution in [0.15, 0.2) is 28.1 Å². The summed E-state index contributed by atoms with van der Waals surface area (Å²) in [7, 11) is 0. The van der Waals surface area contributed by atoms with Crippen LogP contribution in [0.25, 0.3) is 11.3 Å². The Morgan fingerprint density at radius 2 is 2.12 bits per heavy atom. The molecule has 1 amide bonds. The predicted octanol–water partition coefficient (Wildman–Crippen LogP) is 3.87. The van der Waals surface area contributed by atoms with E-state index in [0.717, 1.165) is 35.1 Å². The molecule has 1 aromatic carbocycles. The standard InChI is InChI=1S/C16H13F2N3O2S/c1-8-11(9(2)23-21-8)6-15(22)20-16-19-14(7-24-16)12-5-10(17)3-4-13(12)18/h3-5,7H,6H2,1-2H3,(H,19,20,22). The summed E-state index contributed by atoms with van der Waals surface area (Å²) in [6, 6.07) is 3.15. The molecule has 2 aromatic heterocycles. The van der Waals surface area contributed by atoms with Crippen LogP contribution in [0.3, 0.4) is 0 Å². The molecule has 0 saturated heterocycles. The van der Waals surface area contributed by atoms with E-state index >= 15 is 0 Å². The highest BCUT2D eigenvalue weighted by molar-refractivity contribution is 7.14. The lowest BCUT2D eigenvalue weighted by Crippen LogP contribution is -2.15. The minimum atomic E-state index is -0.574. The second-order valence-corrected chi connectivity index (χ2v) is 6.05. The molecule has 0 atom stereocenters. The van der Waals surface area contributed by atoms with Crippen LogP contribution in [0.5, 0.6) is 0 Å². The molecule has 0 aliphatic heterocycles. The Morgan fingerprint density at radius 3 is 2.83 bits per heavy atom. The monoisotopic (exact) mass is 349 g/mol. The van der Waals surface area contributed by atoms with Gasteiger partial charge in [-0.25, -0.2) is 13.8 Å². The zero-order chi connectivity index (χ0) is 17.3. The van der Waals surface area contributed by atoms with E-state index in [2.05, 4.69) is 15.5 Å². The second-order valence-electron chi connectivity index (χ2n) is 5.19. The summed E-state index contributed by atoms with van der Waals surface area (Å²) < 4.78 is 32.0. The Morgan fingerprint density at radius 1 is 1.33 bits per heavy atom. The number of amides is 1. The van der Waals surface area contributed by atoms with E-state index in [1.807, 2.05) is 0 Å². The van der Waals surface area contributed by atoms with E-state index < -0.39 is 11.6 Å². The first-order valence-corrected chi connectivity index (χ1v) is 7.94. The van der Waals surface area contributed by atoms with Crippen molar-refractivity contribution in [2.45, 2.75) is 20.3 Å². The summed E-state index contributed by atoms with van der Waals surface area (Å²) in [6.45, 7) is 3.49. The van der Waals surface area contributed by atoms with Gasteiger partial charge in [0.05, 0.1) is 17.8 Å². The molecule has 8 heteroatoms. The molecule has 0 aliphatic rings. The molecule has 1 N–H and O–H groups in total. The molecule has 0 radical (unpaired) electrons. The van der Waals surface area contributed by atoms with Gasteiger partial charge in [-0.1, -0.05) is 5.16 Å². The second kappa shape index (κ2) is 6.48. The number of nitrogens with zero attached hydrogens (tertiary/aromatic N) is 2. The van der Waals surface area contributed by atoms with Crippen molar-refractivity contribution < 1.29 is 18.1 Å². The van der Waals surface area contributed by atoms with Gasteiger partial charge in [-0.15, -0.1) is 11.3 Å². The lowest BCUT2D eigenvalue weighted by atomic mass is 10.1. The number of hydrogen-bond acceptors (Lipinski definition) is 5. The third kappa shape index (κ3) is 3.33. The molecule has 2 heterocycles. The largest absolute Gasteiger partial charge is 0.361 e. The van der Waals surface area contributed by atoms with Crippen LogP contribution in [0.1, 0.15) is 17.0 Å². The number of carbonyl (C=O) groups is 1. The van der Waals surface area contributed by atoms with Crippen molar-refractivity contribution in [1.82, 2.24) is 10.1 Å². The number of anilines is 1. The van der Waals surface area contributed by atoms with Gasteiger partial charge >= 0.3 is 0 Å². The molecule has 0 fully saturated rings. The molecular formula is C16H13F2N3O2S. The van der Waals surface area contributed by atoms with E-state index in [-0.39, 0.29) is 23.6 Å². The Balaban J connectivity index is 1.74. The highest BCUT2D eigenvalue weighted by atomic mass is 32.1. The molecule has 3 aromatic rings. The normalized spacial score (nSPS) is 10.8. The number of carbonyl (C=O) groups excluding carboxylic acids is 1. The molecule has 0 aliphatic carbocycles. The SMILES string of the molecule is Cc1noc(C)c1CC(=O)Nc1nc(-c2cc(F)ccc2F)cs1. The maximum atomic E-state index is 13.8.